The third-order valence-electron chi connectivity index (χ3n) is 4.63. The van der Waals surface area contributed by atoms with Gasteiger partial charge in [-0.05, 0) is 37.5 Å². The van der Waals surface area contributed by atoms with Crippen LogP contribution < -0.4 is 10.6 Å². The Kier molecular flexibility index (Phi) is 6.84. The summed E-state index contributed by atoms with van der Waals surface area (Å²) in [6.45, 7) is 3.57. The number of carbonyl (C=O) groups excluding carboxylic acids is 2. The van der Waals surface area contributed by atoms with Crippen molar-refractivity contribution in [2.45, 2.75) is 32.2 Å². The fourth-order valence-corrected chi connectivity index (χ4v) is 3.18. The van der Waals surface area contributed by atoms with Gasteiger partial charge in [0.15, 0.2) is 0 Å². The number of rotatable bonds is 6. The summed E-state index contributed by atoms with van der Waals surface area (Å²) < 4.78 is 5.04. The zero-order valence-electron chi connectivity index (χ0n) is 16.1. The first kappa shape index (κ1) is 19.7. The van der Waals surface area contributed by atoms with Crippen LogP contribution >= 0.6 is 0 Å². The van der Waals surface area contributed by atoms with Gasteiger partial charge in [0, 0.05) is 19.1 Å². The van der Waals surface area contributed by atoms with E-state index in [-0.39, 0.29) is 18.0 Å². The molecule has 28 heavy (non-hydrogen) atoms. The van der Waals surface area contributed by atoms with E-state index in [1.807, 2.05) is 43.3 Å². The first-order valence-corrected chi connectivity index (χ1v) is 9.62. The molecule has 0 bridgehead atoms. The van der Waals surface area contributed by atoms with Crippen LogP contribution in [0.5, 0.6) is 0 Å². The normalized spacial score (nSPS) is 14.4. The van der Waals surface area contributed by atoms with Gasteiger partial charge in [0.2, 0.25) is 5.91 Å². The lowest BCUT2D eigenvalue weighted by atomic mass is 10.1. The first-order chi connectivity index (χ1) is 13.6. The molecule has 1 aromatic carbocycles. The molecule has 1 aliphatic rings. The molecule has 3 rings (SSSR count). The van der Waals surface area contributed by atoms with E-state index in [1.54, 1.807) is 17.2 Å². The Balaban J connectivity index is 1.44. The second kappa shape index (κ2) is 9.73. The number of carbonyl (C=O) groups is 2. The first-order valence-electron chi connectivity index (χ1n) is 9.62. The number of ether oxygens (including phenoxy) is 1. The van der Waals surface area contributed by atoms with Crippen molar-refractivity contribution >= 4 is 23.5 Å². The van der Waals surface area contributed by atoms with Crippen molar-refractivity contribution in [3.63, 3.8) is 0 Å². The van der Waals surface area contributed by atoms with Crippen molar-refractivity contribution < 1.29 is 14.3 Å². The Morgan fingerprint density at radius 3 is 2.54 bits per heavy atom. The fraction of sp³-hybridized carbons (Fsp3) is 0.381. The summed E-state index contributed by atoms with van der Waals surface area (Å²) in [5.41, 5.74) is 1.86. The lowest BCUT2D eigenvalue weighted by molar-refractivity contribution is -0.115. The zero-order chi connectivity index (χ0) is 19.8. The van der Waals surface area contributed by atoms with E-state index >= 15 is 0 Å². The van der Waals surface area contributed by atoms with E-state index in [1.165, 1.54) is 0 Å². The van der Waals surface area contributed by atoms with E-state index in [2.05, 4.69) is 15.6 Å². The van der Waals surface area contributed by atoms with Crippen molar-refractivity contribution in [3.8, 4) is 0 Å². The minimum Gasteiger partial charge on any atom is -0.450 e. The Morgan fingerprint density at radius 1 is 1.14 bits per heavy atom. The maximum Gasteiger partial charge on any atom is 0.409 e. The van der Waals surface area contributed by atoms with Gasteiger partial charge < -0.3 is 20.3 Å². The number of hydrogen-bond donors (Lipinski definition) is 2. The van der Waals surface area contributed by atoms with Crippen LogP contribution in [-0.4, -0.2) is 47.6 Å². The van der Waals surface area contributed by atoms with Crippen molar-refractivity contribution in [2.24, 2.45) is 0 Å². The van der Waals surface area contributed by atoms with E-state index in [4.69, 9.17) is 4.74 Å². The highest BCUT2D eigenvalue weighted by atomic mass is 16.6. The van der Waals surface area contributed by atoms with Gasteiger partial charge in [0.05, 0.1) is 24.9 Å². The van der Waals surface area contributed by atoms with Gasteiger partial charge in [-0.1, -0.05) is 30.3 Å². The summed E-state index contributed by atoms with van der Waals surface area (Å²) in [7, 11) is 0. The molecule has 2 heterocycles. The highest BCUT2D eigenvalue weighted by molar-refractivity contribution is 5.91. The summed E-state index contributed by atoms with van der Waals surface area (Å²) >= 11 is 0. The van der Waals surface area contributed by atoms with Crippen LogP contribution in [0.2, 0.25) is 0 Å². The number of nitrogens with zero attached hydrogens (tertiary/aromatic N) is 2. The van der Waals surface area contributed by atoms with Crippen LogP contribution in [-0.2, 0) is 16.0 Å². The number of hydrogen-bond acceptors (Lipinski definition) is 5. The Labute approximate surface area is 165 Å². The number of aromatic nitrogens is 1. The number of likely N-dealkylation sites (tertiary alicyclic amines) is 1. The van der Waals surface area contributed by atoms with Crippen molar-refractivity contribution in [3.05, 3.63) is 54.2 Å². The maximum absolute atomic E-state index is 12.1. The summed E-state index contributed by atoms with van der Waals surface area (Å²) in [6.07, 6.45) is 3.51. The predicted molar refractivity (Wildman–Crippen MR) is 108 cm³/mol. The van der Waals surface area contributed by atoms with Gasteiger partial charge >= 0.3 is 6.09 Å². The maximum atomic E-state index is 12.1. The Hall–Kier alpha value is -3.09. The van der Waals surface area contributed by atoms with Gasteiger partial charge in [-0.3, -0.25) is 4.79 Å². The lowest BCUT2D eigenvalue weighted by Gasteiger charge is -2.32. The predicted octanol–water partition coefficient (Wildman–Crippen LogP) is 3.30. The van der Waals surface area contributed by atoms with E-state index in [9.17, 15) is 9.59 Å². The minimum absolute atomic E-state index is 0.0919. The van der Waals surface area contributed by atoms with Gasteiger partial charge in [-0.15, -0.1) is 0 Å². The quantitative estimate of drug-likeness (QED) is 0.801. The summed E-state index contributed by atoms with van der Waals surface area (Å²) in [5, 5.41) is 6.25. The molecule has 1 fully saturated rings. The van der Waals surface area contributed by atoms with Crippen molar-refractivity contribution in [2.75, 3.05) is 30.3 Å². The Bertz CT molecular complexity index is 772. The third-order valence-corrected chi connectivity index (χ3v) is 4.63. The topological polar surface area (TPSA) is 83.6 Å². The average Bonchev–Trinajstić information content (AvgIpc) is 2.71. The number of piperidine rings is 1. The molecule has 0 atom stereocenters. The molecule has 0 saturated carbocycles. The van der Waals surface area contributed by atoms with Crippen molar-refractivity contribution in [1.82, 2.24) is 9.88 Å². The molecule has 1 aliphatic heterocycles. The van der Waals surface area contributed by atoms with Gasteiger partial charge in [-0.25, -0.2) is 9.78 Å². The van der Waals surface area contributed by atoms with Crippen LogP contribution in [0, 0.1) is 0 Å². The highest BCUT2D eigenvalue weighted by Gasteiger charge is 2.23. The number of amides is 2. The molecule has 1 saturated heterocycles. The summed E-state index contributed by atoms with van der Waals surface area (Å²) in [6, 6.07) is 13.6. The average molecular weight is 382 g/mol. The van der Waals surface area contributed by atoms with Crippen LogP contribution in [0.25, 0.3) is 0 Å². The lowest BCUT2D eigenvalue weighted by Crippen LogP contribution is -2.42. The zero-order valence-corrected chi connectivity index (χ0v) is 16.1. The number of benzene rings is 1. The SMILES string of the molecule is CCOC(=O)N1CCC(Nc2ccc(NC(=O)Cc3ccccc3)nc2)CC1. The molecule has 148 valence electrons. The summed E-state index contributed by atoms with van der Waals surface area (Å²) in [4.78, 5) is 29.9. The summed E-state index contributed by atoms with van der Waals surface area (Å²) in [5.74, 6) is 0.439. The number of nitrogens with one attached hydrogen (secondary N) is 2. The largest absolute Gasteiger partial charge is 0.450 e. The van der Waals surface area contributed by atoms with Crippen LogP contribution in [0.4, 0.5) is 16.3 Å². The van der Waals surface area contributed by atoms with Gasteiger partial charge in [0.1, 0.15) is 5.82 Å². The molecule has 0 spiro atoms. The molecule has 0 aliphatic carbocycles. The molecule has 1 aromatic heterocycles. The molecule has 7 heteroatoms. The molecule has 2 N–H and O–H groups in total. The van der Waals surface area contributed by atoms with Crippen LogP contribution in [0.15, 0.2) is 48.7 Å². The van der Waals surface area contributed by atoms with Gasteiger partial charge in [0.25, 0.3) is 0 Å². The van der Waals surface area contributed by atoms with Crippen molar-refractivity contribution in [1.29, 1.82) is 0 Å². The minimum atomic E-state index is -0.238. The second-order valence-electron chi connectivity index (χ2n) is 6.75. The van der Waals surface area contributed by atoms with E-state index in [0.717, 1.165) is 24.1 Å². The molecule has 2 aromatic rings. The number of anilines is 2. The van der Waals surface area contributed by atoms with E-state index in [0.29, 0.717) is 31.9 Å². The van der Waals surface area contributed by atoms with Crippen LogP contribution in [0.3, 0.4) is 0 Å². The molecule has 0 unspecified atom stereocenters. The monoisotopic (exact) mass is 382 g/mol. The highest BCUT2D eigenvalue weighted by Crippen LogP contribution is 2.18. The molecular weight excluding hydrogens is 356 g/mol. The molecular formula is C21H26N4O3. The number of pyridine rings is 1. The second-order valence-corrected chi connectivity index (χ2v) is 6.75. The molecule has 7 nitrogen and oxygen atoms in total. The third kappa shape index (κ3) is 5.70. The van der Waals surface area contributed by atoms with Crippen LogP contribution in [0.1, 0.15) is 25.3 Å². The smallest absolute Gasteiger partial charge is 0.409 e. The Morgan fingerprint density at radius 2 is 1.89 bits per heavy atom. The molecule has 0 radical (unpaired) electrons. The van der Waals surface area contributed by atoms with E-state index < -0.39 is 0 Å². The standard InChI is InChI=1S/C21H26N4O3/c1-2-28-21(27)25-12-10-17(11-13-25)23-18-8-9-19(22-15-18)24-20(26)14-16-6-4-3-5-7-16/h3-9,15,17,23H,2,10-14H2,1H3,(H,22,24,26). The molecule has 2 amide bonds. The fourth-order valence-electron chi connectivity index (χ4n) is 3.18. The van der Waals surface area contributed by atoms with Gasteiger partial charge in [-0.2, -0.15) is 0 Å².